The minimum absolute atomic E-state index is 0.0317. The Morgan fingerprint density at radius 2 is 1.25 bits per heavy atom. The van der Waals surface area contributed by atoms with Gasteiger partial charge in [0.15, 0.2) is 5.78 Å². The predicted molar refractivity (Wildman–Crippen MR) is 95.8 cm³/mol. The number of hydrogen-bond acceptors (Lipinski definition) is 2. The Hall–Kier alpha value is -2.71. The quantitative estimate of drug-likeness (QED) is 0.682. The van der Waals surface area contributed by atoms with Gasteiger partial charge in [0.05, 0.1) is 12.0 Å². The van der Waals surface area contributed by atoms with E-state index in [4.69, 9.17) is 0 Å². The third kappa shape index (κ3) is 3.79. The van der Waals surface area contributed by atoms with Gasteiger partial charge < -0.3 is 5.11 Å². The van der Waals surface area contributed by atoms with Crippen molar-refractivity contribution in [3.63, 3.8) is 0 Å². The van der Waals surface area contributed by atoms with Crippen molar-refractivity contribution in [3.8, 4) is 0 Å². The van der Waals surface area contributed by atoms with Crippen LogP contribution in [0.25, 0.3) is 0 Å². The molecule has 2 nitrogen and oxygen atoms in total. The van der Waals surface area contributed by atoms with Crippen LogP contribution in [0.15, 0.2) is 91.0 Å². The first-order valence-corrected chi connectivity index (χ1v) is 8.12. The molecule has 3 aromatic carbocycles. The second-order valence-electron chi connectivity index (χ2n) is 5.88. The highest BCUT2D eigenvalue weighted by molar-refractivity contribution is 5.98. The zero-order valence-corrected chi connectivity index (χ0v) is 13.4. The van der Waals surface area contributed by atoms with Crippen LogP contribution in [0.4, 0.5) is 0 Å². The largest absolute Gasteiger partial charge is 0.388 e. The summed E-state index contributed by atoms with van der Waals surface area (Å²) in [7, 11) is 0. The molecule has 3 rings (SSSR count). The van der Waals surface area contributed by atoms with Gasteiger partial charge in [-0.3, -0.25) is 4.79 Å². The van der Waals surface area contributed by atoms with E-state index in [0.29, 0.717) is 12.0 Å². The highest BCUT2D eigenvalue weighted by Gasteiger charge is 2.29. The van der Waals surface area contributed by atoms with Gasteiger partial charge in [-0.25, -0.2) is 0 Å². The van der Waals surface area contributed by atoms with Crippen molar-refractivity contribution in [2.75, 3.05) is 0 Å². The summed E-state index contributed by atoms with van der Waals surface area (Å²) in [5, 5.41) is 10.9. The van der Waals surface area contributed by atoms with Gasteiger partial charge in [0, 0.05) is 5.56 Å². The average molecular weight is 316 g/mol. The molecule has 0 amide bonds. The molecule has 24 heavy (non-hydrogen) atoms. The SMILES string of the molecule is O=C(c1ccccc1)[C@@H](Cc1ccccc1)[C@H](O)c1ccccc1. The number of aliphatic hydroxyl groups is 1. The van der Waals surface area contributed by atoms with E-state index in [0.717, 1.165) is 11.1 Å². The second-order valence-corrected chi connectivity index (χ2v) is 5.88. The van der Waals surface area contributed by atoms with Crippen molar-refractivity contribution in [3.05, 3.63) is 108 Å². The van der Waals surface area contributed by atoms with Crippen LogP contribution in [-0.2, 0) is 6.42 Å². The van der Waals surface area contributed by atoms with Crippen LogP contribution in [0.2, 0.25) is 0 Å². The maximum atomic E-state index is 13.0. The number of Topliss-reactive ketones (excluding diaryl/α,β-unsaturated/α-hetero) is 1. The van der Waals surface area contributed by atoms with E-state index in [-0.39, 0.29) is 5.78 Å². The molecule has 0 heterocycles. The van der Waals surface area contributed by atoms with E-state index in [1.54, 1.807) is 12.1 Å². The van der Waals surface area contributed by atoms with Gasteiger partial charge in [-0.05, 0) is 17.5 Å². The number of aliphatic hydroxyl groups excluding tert-OH is 1. The number of ketones is 1. The normalized spacial score (nSPS) is 13.2. The van der Waals surface area contributed by atoms with Gasteiger partial charge in [0.2, 0.25) is 0 Å². The molecule has 0 saturated carbocycles. The molecule has 0 bridgehead atoms. The van der Waals surface area contributed by atoms with Gasteiger partial charge in [-0.2, -0.15) is 0 Å². The molecule has 2 heteroatoms. The summed E-state index contributed by atoms with van der Waals surface area (Å²) >= 11 is 0. The van der Waals surface area contributed by atoms with Crippen LogP contribution in [-0.4, -0.2) is 10.9 Å². The van der Waals surface area contributed by atoms with Crippen molar-refractivity contribution in [1.29, 1.82) is 0 Å². The Morgan fingerprint density at radius 3 is 1.83 bits per heavy atom. The maximum Gasteiger partial charge on any atom is 0.169 e. The minimum Gasteiger partial charge on any atom is -0.388 e. The number of benzene rings is 3. The van der Waals surface area contributed by atoms with Crippen molar-refractivity contribution >= 4 is 5.78 Å². The summed E-state index contributed by atoms with van der Waals surface area (Å²) in [5.74, 6) is -0.548. The number of hydrogen-bond donors (Lipinski definition) is 1. The first-order valence-electron chi connectivity index (χ1n) is 8.12. The van der Waals surface area contributed by atoms with Crippen molar-refractivity contribution in [2.45, 2.75) is 12.5 Å². The summed E-state index contributed by atoms with van der Waals surface area (Å²) in [6.07, 6.45) is -0.330. The van der Waals surface area contributed by atoms with Crippen LogP contribution in [0, 0.1) is 5.92 Å². The van der Waals surface area contributed by atoms with Crippen LogP contribution in [0.1, 0.15) is 27.6 Å². The predicted octanol–water partition coefficient (Wildman–Crippen LogP) is 4.46. The number of carbonyl (C=O) groups excluding carboxylic acids is 1. The molecule has 120 valence electrons. The second kappa shape index (κ2) is 7.71. The molecule has 0 radical (unpaired) electrons. The summed E-state index contributed by atoms with van der Waals surface area (Å²) < 4.78 is 0. The summed E-state index contributed by atoms with van der Waals surface area (Å²) in [6, 6.07) is 28.4. The fourth-order valence-corrected chi connectivity index (χ4v) is 2.91. The molecule has 0 spiro atoms. The third-order valence-corrected chi connectivity index (χ3v) is 4.22. The fourth-order valence-electron chi connectivity index (χ4n) is 2.91. The zero-order chi connectivity index (χ0) is 16.8. The monoisotopic (exact) mass is 316 g/mol. The van der Waals surface area contributed by atoms with Gasteiger partial charge in [0.1, 0.15) is 0 Å². The molecule has 0 fully saturated rings. The van der Waals surface area contributed by atoms with Crippen LogP contribution in [0.3, 0.4) is 0 Å². The van der Waals surface area contributed by atoms with Crippen LogP contribution >= 0.6 is 0 Å². The zero-order valence-electron chi connectivity index (χ0n) is 13.4. The Labute approximate surface area is 142 Å². The molecule has 2 atom stereocenters. The lowest BCUT2D eigenvalue weighted by molar-refractivity contribution is 0.0676. The lowest BCUT2D eigenvalue weighted by Crippen LogP contribution is -2.25. The molecule has 0 aromatic heterocycles. The summed E-state index contributed by atoms with van der Waals surface area (Å²) in [5.41, 5.74) is 2.44. The molecular weight excluding hydrogens is 296 g/mol. The first kappa shape index (κ1) is 16.2. The van der Waals surface area contributed by atoms with E-state index in [1.807, 2.05) is 78.9 Å². The number of carbonyl (C=O) groups is 1. The van der Waals surface area contributed by atoms with Gasteiger partial charge in [-0.1, -0.05) is 91.0 Å². The highest BCUT2D eigenvalue weighted by atomic mass is 16.3. The Bertz CT molecular complexity index is 767. The van der Waals surface area contributed by atoms with Crippen molar-refractivity contribution in [1.82, 2.24) is 0 Å². The molecule has 0 aliphatic rings. The number of rotatable bonds is 6. The first-order chi connectivity index (χ1) is 11.8. The summed E-state index contributed by atoms with van der Waals surface area (Å²) in [4.78, 5) is 13.0. The fraction of sp³-hybridized carbons (Fsp3) is 0.136. The Morgan fingerprint density at radius 1 is 0.750 bits per heavy atom. The van der Waals surface area contributed by atoms with E-state index in [9.17, 15) is 9.90 Å². The van der Waals surface area contributed by atoms with E-state index in [1.165, 1.54) is 0 Å². The molecule has 0 unspecified atom stereocenters. The summed E-state index contributed by atoms with van der Waals surface area (Å²) in [6.45, 7) is 0. The molecule has 0 aliphatic heterocycles. The van der Waals surface area contributed by atoms with E-state index in [2.05, 4.69) is 0 Å². The highest BCUT2D eigenvalue weighted by Crippen LogP contribution is 2.28. The average Bonchev–Trinajstić information content (AvgIpc) is 2.67. The van der Waals surface area contributed by atoms with E-state index >= 15 is 0 Å². The van der Waals surface area contributed by atoms with Crippen molar-refractivity contribution in [2.24, 2.45) is 5.92 Å². The standard InChI is InChI=1S/C22H20O2/c23-21(18-12-6-2-7-13-18)20(16-17-10-4-1-5-11-17)22(24)19-14-8-3-9-15-19/h1-15,20-21,23H,16H2/t20-,21+/m0/s1. The smallest absolute Gasteiger partial charge is 0.169 e. The van der Waals surface area contributed by atoms with Crippen LogP contribution in [0.5, 0.6) is 0 Å². The minimum atomic E-state index is -0.834. The van der Waals surface area contributed by atoms with Gasteiger partial charge >= 0.3 is 0 Å². The van der Waals surface area contributed by atoms with Gasteiger partial charge in [-0.15, -0.1) is 0 Å². The molecule has 3 aromatic rings. The van der Waals surface area contributed by atoms with Gasteiger partial charge in [0.25, 0.3) is 0 Å². The molecular formula is C22H20O2. The molecule has 0 saturated heterocycles. The topological polar surface area (TPSA) is 37.3 Å². The Balaban J connectivity index is 1.93. The molecule has 0 aliphatic carbocycles. The Kier molecular flexibility index (Phi) is 5.19. The third-order valence-electron chi connectivity index (χ3n) is 4.22. The van der Waals surface area contributed by atoms with E-state index < -0.39 is 12.0 Å². The maximum absolute atomic E-state index is 13.0. The van der Waals surface area contributed by atoms with Crippen LogP contribution < -0.4 is 0 Å². The lowest BCUT2D eigenvalue weighted by atomic mass is 9.84. The molecule has 1 N–H and O–H groups in total. The lowest BCUT2D eigenvalue weighted by Gasteiger charge is -2.22. The van der Waals surface area contributed by atoms with Crippen molar-refractivity contribution < 1.29 is 9.90 Å².